The van der Waals surface area contributed by atoms with E-state index in [2.05, 4.69) is 9.88 Å². The maximum atomic E-state index is 12.8. The molecular formula is C17H22N4O. The second-order valence-corrected chi connectivity index (χ2v) is 5.85. The molecule has 1 atom stereocenters. The number of carbonyl (C=O) groups is 1. The van der Waals surface area contributed by atoms with Gasteiger partial charge in [-0.3, -0.25) is 9.69 Å². The lowest BCUT2D eigenvalue weighted by Gasteiger charge is -2.36. The molecule has 0 N–H and O–H groups in total. The van der Waals surface area contributed by atoms with E-state index in [4.69, 9.17) is 0 Å². The van der Waals surface area contributed by atoms with E-state index in [1.54, 1.807) is 6.20 Å². The lowest BCUT2D eigenvalue weighted by Crippen LogP contribution is -2.51. The van der Waals surface area contributed by atoms with E-state index in [1.165, 1.54) is 0 Å². The Morgan fingerprint density at radius 1 is 1.32 bits per heavy atom. The number of aryl methyl sites for hydroxylation is 1. The molecule has 1 unspecified atom stereocenters. The van der Waals surface area contributed by atoms with Gasteiger partial charge in [0.25, 0.3) is 0 Å². The second-order valence-electron chi connectivity index (χ2n) is 5.85. The van der Waals surface area contributed by atoms with Crippen molar-refractivity contribution in [2.75, 3.05) is 18.5 Å². The standard InChI is InChI=1S/C17H22N4O/c1-19-12-10-18-16(19)13-20(2)15-9-6-11-21(17(15)22)14-7-4-3-5-8-14/h3-5,7-8,10,12,15H,6,9,11,13H2,1-2H3. The van der Waals surface area contributed by atoms with Gasteiger partial charge in [0.2, 0.25) is 5.91 Å². The van der Waals surface area contributed by atoms with Crippen LogP contribution in [0.15, 0.2) is 42.7 Å². The number of nitrogens with zero attached hydrogens (tertiary/aromatic N) is 4. The minimum absolute atomic E-state index is 0.0781. The van der Waals surface area contributed by atoms with Crippen LogP contribution in [0.3, 0.4) is 0 Å². The quantitative estimate of drug-likeness (QED) is 0.867. The number of para-hydroxylation sites is 1. The molecule has 3 rings (SSSR count). The van der Waals surface area contributed by atoms with E-state index >= 15 is 0 Å². The van der Waals surface area contributed by atoms with Crippen molar-refractivity contribution in [3.05, 3.63) is 48.5 Å². The summed E-state index contributed by atoms with van der Waals surface area (Å²) < 4.78 is 2.00. The number of rotatable bonds is 4. The summed E-state index contributed by atoms with van der Waals surface area (Å²) in [6.45, 7) is 1.48. The van der Waals surface area contributed by atoms with Crippen LogP contribution in [0.25, 0.3) is 0 Å². The number of aromatic nitrogens is 2. The molecule has 0 bridgehead atoms. The molecule has 22 heavy (non-hydrogen) atoms. The Balaban J connectivity index is 1.73. The number of amides is 1. The summed E-state index contributed by atoms with van der Waals surface area (Å²) in [7, 11) is 3.99. The molecule has 0 radical (unpaired) electrons. The fourth-order valence-corrected chi connectivity index (χ4v) is 3.01. The van der Waals surface area contributed by atoms with Gasteiger partial charge in [-0.1, -0.05) is 18.2 Å². The van der Waals surface area contributed by atoms with Gasteiger partial charge >= 0.3 is 0 Å². The number of likely N-dealkylation sites (N-methyl/N-ethyl adjacent to an activating group) is 1. The third-order valence-electron chi connectivity index (χ3n) is 4.32. The lowest BCUT2D eigenvalue weighted by atomic mass is 10.0. The maximum absolute atomic E-state index is 12.8. The topological polar surface area (TPSA) is 41.4 Å². The average Bonchev–Trinajstić information content (AvgIpc) is 2.93. The summed E-state index contributed by atoms with van der Waals surface area (Å²) >= 11 is 0. The predicted molar refractivity (Wildman–Crippen MR) is 86.5 cm³/mol. The molecule has 1 saturated heterocycles. The van der Waals surface area contributed by atoms with Gasteiger partial charge in [-0.05, 0) is 32.0 Å². The van der Waals surface area contributed by atoms with Gasteiger partial charge in [0.05, 0.1) is 12.6 Å². The van der Waals surface area contributed by atoms with Crippen LogP contribution >= 0.6 is 0 Å². The minimum Gasteiger partial charge on any atom is -0.337 e. The van der Waals surface area contributed by atoms with E-state index in [0.717, 1.165) is 30.9 Å². The zero-order valence-corrected chi connectivity index (χ0v) is 13.1. The zero-order valence-electron chi connectivity index (χ0n) is 13.1. The Morgan fingerprint density at radius 3 is 2.77 bits per heavy atom. The summed E-state index contributed by atoms with van der Waals surface area (Å²) in [5, 5.41) is 0. The highest BCUT2D eigenvalue weighted by Crippen LogP contribution is 2.23. The van der Waals surface area contributed by atoms with Crippen molar-refractivity contribution in [1.82, 2.24) is 14.5 Å². The summed E-state index contributed by atoms with van der Waals surface area (Å²) in [6.07, 6.45) is 5.66. The molecule has 1 aliphatic rings. The Bertz CT molecular complexity index is 637. The fraction of sp³-hybridized carbons (Fsp3) is 0.412. The van der Waals surface area contributed by atoms with Gasteiger partial charge in [-0.25, -0.2) is 4.98 Å². The van der Waals surface area contributed by atoms with Gasteiger partial charge in [-0.15, -0.1) is 0 Å². The van der Waals surface area contributed by atoms with Crippen molar-refractivity contribution in [3.8, 4) is 0 Å². The van der Waals surface area contributed by atoms with E-state index in [0.29, 0.717) is 6.54 Å². The van der Waals surface area contributed by atoms with Gasteiger partial charge in [0.15, 0.2) is 0 Å². The largest absolute Gasteiger partial charge is 0.337 e. The van der Waals surface area contributed by atoms with Crippen molar-refractivity contribution >= 4 is 11.6 Å². The Kier molecular flexibility index (Phi) is 4.24. The van der Waals surface area contributed by atoms with Crippen LogP contribution in [0.1, 0.15) is 18.7 Å². The van der Waals surface area contributed by atoms with Crippen LogP contribution in [0.4, 0.5) is 5.69 Å². The molecule has 5 heteroatoms. The van der Waals surface area contributed by atoms with Gasteiger partial charge in [0.1, 0.15) is 5.82 Å². The van der Waals surface area contributed by atoms with E-state index in [-0.39, 0.29) is 11.9 Å². The molecular weight excluding hydrogens is 276 g/mol. The molecule has 0 spiro atoms. The van der Waals surface area contributed by atoms with Crippen molar-refractivity contribution in [2.45, 2.75) is 25.4 Å². The molecule has 0 saturated carbocycles. The van der Waals surface area contributed by atoms with Crippen molar-refractivity contribution in [2.24, 2.45) is 7.05 Å². The molecule has 1 aliphatic heterocycles. The average molecular weight is 298 g/mol. The third kappa shape index (κ3) is 2.90. The summed E-state index contributed by atoms with van der Waals surface area (Å²) in [5.41, 5.74) is 0.989. The Hall–Kier alpha value is -2.14. The zero-order chi connectivity index (χ0) is 15.5. The van der Waals surface area contributed by atoms with Crippen LogP contribution < -0.4 is 4.90 Å². The van der Waals surface area contributed by atoms with Crippen LogP contribution in [-0.2, 0) is 18.4 Å². The van der Waals surface area contributed by atoms with E-state index in [1.807, 2.05) is 60.1 Å². The highest BCUT2D eigenvalue weighted by atomic mass is 16.2. The smallest absolute Gasteiger partial charge is 0.244 e. The minimum atomic E-state index is -0.0781. The van der Waals surface area contributed by atoms with E-state index in [9.17, 15) is 4.79 Å². The normalized spacial score (nSPS) is 19.0. The van der Waals surface area contributed by atoms with Crippen LogP contribution in [0.2, 0.25) is 0 Å². The first-order valence-corrected chi connectivity index (χ1v) is 7.69. The number of benzene rings is 1. The molecule has 1 amide bonds. The van der Waals surface area contributed by atoms with Gasteiger partial charge in [-0.2, -0.15) is 0 Å². The predicted octanol–water partition coefficient (Wildman–Crippen LogP) is 2.05. The maximum Gasteiger partial charge on any atom is 0.244 e. The second kappa shape index (κ2) is 6.32. The number of carbonyl (C=O) groups excluding carboxylic acids is 1. The van der Waals surface area contributed by atoms with Crippen LogP contribution in [0, 0.1) is 0 Å². The molecule has 0 aliphatic carbocycles. The number of piperidine rings is 1. The van der Waals surface area contributed by atoms with Crippen molar-refractivity contribution in [3.63, 3.8) is 0 Å². The third-order valence-corrected chi connectivity index (χ3v) is 4.32. The summed E-state index contributed by atoms with van der Waals surface area (Å²) in [4.78, 5) is 21.2. The highest BCUT2D eigenvalue weighted by Gasteiger charge is 2.32. The monoisotopic (exact) mass is 298 g/mol. The number of hydrogen-bond donors (Lipinski definition) is 0. The molecule has 116 valence electrons. The Labute approximate surface area is 131 Å². The molecule has 5 nitrogen and oxygen atoms in total. The first-order valence-electron chi connectivity index (χ1n) is 7.69. The molecule has 1 aromatic carbocycles. The fourth-order valence-electron chi connectivity index (χ4n) is 3.01. The Morgan fingerprint density at radius 2 is 2.09 bits per heavy atom. The molecule has 2 aromatic rings. The molecule has 1 fully saturated rings. The van der Waals surface area contributed by atoms with Crippen LogP contribution in [0.5, 0.6) is 0 Å². The summed E-state index contributed by atoms with van der Waals surface area (Å²) in [5.74, 6) is 1.17. The van der Waals surface area contributed by atoms with Crippen molar-refractivity contribution in [1.29, 1.82) is 0 Å². The van der Waals surface area contributed by atoms with Crippen molar-refractivity contribution < 1.29 is 4.79 Å². The van der Waals surface area contributed by atoms with E-state index < -0.39 is 0 Å². The summed E-state index contributed by atoms with van der Waals surface area (Å²) in [6, 6.07) is 9.85. The number of anilines is 1. The number of hydrogen-bond acceptors (Lipinski definition) is 3. The SMILES string of the molecule is CN(Cc1nccn1C)C1CCCN(c2ccccc2)C1=O. The van der Waals surface area contributed by atoms with Crippen LogP contribution in [-0.4, -0.2) is 40.0 Å². The number of imidazole rings is 1. The molecule has 1 aromatic heterocycles. The molecule has 2 heterocycles. The van der Waals surface area contributed by atoms with Gasteiger partial charge in [0, 0.05) is 31.7 Å². The lowest BCUT2D eigenvalue weighted by molar-refractivity contribution is -0.125. The first kappa shape index (κ1) is 14.8. The highest BCUT2D eigenvalue weighted by molar-refractivity contribution is 5.97. The van der Waals surface area contributed by atoms with Gasteiger partial charge < -0.3 is 9.47 Å². The first-order chi connectivity index (χ1) is 10.7.